The van der Waals surface area contributed by atoms with Crippen LogP contribution in [0.5, 0.6) is 0 Å². The number of carbonyl (C=O) groups excluding carboxylic acids is 2. The molecule has 0 atom stereocenters. The first-order valence-electron chi connectivity index (χ1n) is 7.46. The van der Waals surface area contributed by atoms with Gasteiger partial charge in [0.25, 0.3) is 5.91 Å². The highest BCUT2D eigenvalue weighted by Gasteiger charge is 2.18. The Balaban J connectivity index is 1.93. The molecule has 0 bridgehead atoms. The molecule has 2 aromatic rings. The average Bonchev–Trinajstić information content (AvgIpc) is 2.95. The summed E-state index contributed by atoms with van der Waals surface area (Å²) < 4.78 is 5.69. The number of benzene rings is 1. The van der Waals surface area contributed by atoms with E-state index in [9.17, 15) is 9.59 Å². The van der Waals surface area contributed by atoms with Gasteiger partial charge in [0.1, 0.15) is 0 Å². The minimum absolute atomic E-state index is 0.0947. The molecule has 1 heterocycles. The zero-order chi connectivity index (χ0) is 17.7. The van der Waals surface area contributed by atoms with Crippen LogP contribution in [0.15, 0.2) is 45.5 Å². The van der Waals surface area contributed by atoms with Crippen molar-refractivity contribution in [2.75, 3.05) is 11.9 Å². The van der Waals surface area contributed by atoms with E-state index in [1.165, 1.54) is 0 Å². The second-order valence-electron chi connectivity index (χ2n) is 6.07. The highest BCUT2D eigenvalue weighted by molar-refractivity contribution is 9.10. The lowest BCUT2D eigenvalue weighted by atomic mass is 10.0. The lowest BCUT2D eigenvalue weighted by Gasteiger charge is -2.24. The molecule has 128 valence electrons. The summed E-state index contributed by atoms with van der Waals surface area (Å²) in [5.41, 5.74) is 6.64. The number of hydrogen-bond acceptors (Lipinski definition) is 4. The zero-order valence-corrected chi connectivity index (χ0v) is 15.1. The van der Waals surface area contributed by atoms with Crippen molar-refractivity contribution in [3.63, 3.8) is 0 Å². The van der Waals surface area contributed by atoms with E-state index in [0.717, 1.165) is 5.56 Å². The summed E-state index contributed by atoms with van der Waals surface area (Å²) in [6, 6.07) is 10.3. The maximum atomic E-state index is 12.0. The summed E-state index contributed by atoms with van der Waals surface area (Å²) in [5.74, 6) is -0.215. The number of nitrogens with one attached hydrogen (secondary N) is 2. The van der Waals surface area contributed by atoms with Crippen LogP contribution in [0.25, 0.3) is 0 Å². The van der Waals surface area contributed by atoms with Crippen molar-refractivity contribution in [2.24, 2.45) is 5.73 Å². The van der Waals surface area contributed by atoms with Gasteiger partial charge in [-0.3, -0.25) is 9.59 Å². The van der Waals surface area contributed by atoms with Gasteiger partial charge in [-0.15, -0.1) is 0 Å². The molecule has 4 N–H and O–H groups in total. The van der Waals surface area contributed by atoms with E-state index >= 15 is 0 Å². The molecule has 0 saturated heterocycles. The molecule has 0 spiro atoms. The Morgan fingerprint density at radius 1 is 1.17 bits per heavy atom. The van der Waals surface area contributed by atoms with Crippen LogP contribution >= 0.6 is 15.9 Å². The first kappa shape index (κ1) is 18.2. The molecule has 0 unspecified atom stereocenters. The number of halogens is 1. The van der Waals surface area contributed by atoms with Gasteiger partial charge in [-0.25, -0.2) is 0 Å². The predicted molar refractivity (Wildman–Crippen MR) is 95.8 cm³/mol. The first-order valence-corrected chi connectivity index (χ1v) is 8.25. The van der Waals surface area contributed by atoms with Crippen molar-refractivity contribution >= 4 is 33.4 Å². The fourth-order valence-corrected chi connectivity index (χ4v) is 2.30. The van der Waals surface area contributed by atoms with Crippen LogP contribution in [0.2, 0.25) is 0 Å². The van der Waals surface area contributed by atoms with Crippen LogP contribution in [-0.2, 0) is 11.2 Å². The second-order valence-corrected chi connectivity index (χ2v) is 6.85. The van der Waals surface area contributed by atoms with Gasteiger partial charge in [0.15, 0.2) is 10.4 Å². The van der Waals surface area contributed by atoms with Crippen molar-refractivity contribution in [3.05, 3.63) is 52.4 Å². The molecule has 0 fully saturated rings. The van der Waals surface area contributed by atoms with Gasteiger partial charge < -0.3 is 20.8 Å². The van der Waals surface area contributed by atoms with E-state index < -0.39 is 5.54 Å². The number of anilines is 1. The van der Waals surface area contributed by atoms with Gasteiger partial charge in [-0.2, -0.15) is 0 Å². The molecule has 0 saturated carbocycles. The van der Waals surface area contributed by atoms with Crippen molar-refractivity contribution in [2.45, 2.75) is 25.8 Å². The summed E-state index contributed by atoms with van der Waals surface area (Å²) in [5, 5.41) is 5.60. The summed E-state index contributed by atoms with van der Waals surface area (Å²) >= 11 is 3.15. The Hall–Kier alpha value is -2.12. The fourth-order valence-electron chi connectivity index (χ4n) is 1.99. The fraction of sp³-hybridized carbons (Fsp3) is 0.294. The van der Waals surface area contributed by atoms with Gasteiger partial charge in [0.2, 0.25) is 5.91 Å². The molecule has 0 aliphatic carbocycles. The van der Waals surface area contributed by atoms with Gasteiger partial charge in [-0.1, -0.05) is 12.1 Å². The molecule has 0 aliphatic heterocycles. The lowest BCUT2D eigenvalue weighted by molar-refractivity contribution is -0.121. The number of furan rings is 1. The molecule has 1 aromatic carbocycles. The van der Waals surface area contributed by atoms with Crippen LogP contribution in [-0.4, -0.2) is 23.9 Å². The molecule has 7 heteroatoms. The average molecular weight is 394 g/mol. The normalized spacial score (nSPS) is 11.2. The number of nitrogens with two attached hydrogens (primary N) is 1. The number of amides is 2. The molecule has 6 nitrogen and oxygen atoms in total. The van der Waals surface area contributed by atoms with E-state index in [1.54, 1.807) is 36.4 Å². The Bertz CT molecular complexity index is 723. The summed E-state index contributed by atoms with van der Waals surface area (Å²) in [4.78, 5) is 24.0. The molecular weight excluding hydrogens is 374 g/mol. The molecule has 0 radical (unpaired) electrons. The standard InChI is InChI=1S/C17H20BrN3O3/c1-17(2,10-19)21-15(22)9-11-3-5-12(6-4-11)20-16(23)13-7-8-14(18)24-13/h3-8H,9-10,19H2,1-2H3,(H,20,23)(H,21,22). The molecule has 2 amide bonds. The monoisotopic (exact) mass is 393 g/mol. The van der Waals surface area contributed by atoms with E-state index in [2.05, 4.69) is 26.6 Å². The van der Waals surface area contributed by atoms with E-state index in [0.29, 0.717) is 16.9 Å². The zero-order valence-electron chi connectivity index (χ0n) is 13.6. The molecule has 1 aromatic heterocycles. The predicted octanol–water partition coefficient (Wildman–Crippen LogP) is 2.69. The Morgan fingerprint density at radius 2 is 1.83 bits per heavy atom. The largest absolute Gasteiger partial charge is 0.444 e. The van der Waals surface area contributed by atoms with Crippen LogP contribution in [0.3, 0.4) is 0 Å². The van der Waals surface area contributed by atoms with E-state index in [-0.39, 0.29) is 24.0 Å². The SMILES string of the molecule is CC(C)(CN)NC(=O)Cc1ccc(NC(=O)c2ccc(Br)o2)cc1. The minimum Gasteiger partial charge on any atom is -0.444 e. The third-order valence-electron chi connectivity index (χ3n) is 3.36. The van der Waals surface area contributed by atoms with Gasteiger partial charge in [0.05, 0.1) is 6.42 Å². The molecule has 0 aliphatic rings. The Kier molecular flexibility index (Phi) is 5.80. The highest BCUT2D eigenvalue weighted by Crippen LogP contribution is 2.16. The lowest BCUT2D eigenvalue weighted by Crippen LogP contribution is -2.49. The smallest absolute Gasteiger partial charge is 0.291 e. The van der Waals surface area contributed by atoms with E-state index in [1.807, 2.05) is 13.8 Å². The van der Waals surface area contributed by atoms with Crippen LogP contribution < -0.4 is 16.4 Å². The minimum atomic E-state index is -0.428. The molecule has 2 rings (SSSR count). The second kappa shape index (κ2) is 7.63. The van der Waals surface area contributed by atoms with Crippen LogP contribution in [0, 0.1) is 0 Å². The highest BCUT2D eigenvalue weighted by atomic mass is 79.9. The van der Waals surface area contributed by atoms with Gasteiger partial charge in [0, 0.05) is 17.8 Å². The van der Waals surface area contributed by atoms with Gasteiger partial charge >= 0.3 is 0 Å². The van der Waals surface area contributed by atoms with Crippen molar-refractivity contribution in [3.8, 4) is 0 Å². The van der Waals surface area contributed by atoms with Crippen molar-refractivity contribution in [1.29, 1.82) is 0 Å². The first-order chi connectivity index (χ1) is 11.3. The summed E-state index contributed by atoms with van der Waals surface area (Å²) in [7, 11) is 0. The summed E-state index contributed by atoms with van der Waals surface area (Å²) in [6.07, 6.45) is 0.253. The van der Waals surface area contributed by atoms with Crippen molar-refractivity contribution in [1.82, 2.24) is 5.32 Å². The Morgan fingerprint density at radius 3 is 2.38 bits per heavy atom. The number of carbonyl (C=O) groups is 2. The topological polar surface area (TPSA) is 97.4 Å². The third kappa shape index (κ3) is 5.21. The van der Waals surface area contributed by atoms with Crippen LogP contribution in [0.4, 0.5) is 5.69 Å². The van der Waals surface area contributed by atoms with Gasteiger partial charge in [-0.05, 0) is 59.6 Å². The number of hydrogen-bond donors (Lipinski definition) is 3. The number of rotatable bonds is 6. The van der Waals surface area contributed by atoms with Crippen LogP contribution in [0.1, 0.15) is 30.0 Å². The van der Waals surface area contributed by atoms with Crippen molar-refractivity contribution < 1.29 is 14.0 Å². The maximum Gasteiger partial charge on any atom is 0.291 e. The third-order valence-corrected chi connectivity index (χ3v) is 3.79. The van der Waals surface area contributed by atoms with E-state index in [4.69, 9.17) is 10.2 Å². The molecular formula is C17H20BrN3O3. The Labute approximate surface area is 148 Å². The quantitative estimate of drug-likeness (QED) is 0.702. The summed E-state index contributed by atoms with van der Waals surface area (Å²) in [6.45, 7) is 4.11. The maximum absolute atomic E-state index is 12.0. The molecule has 24 heavy (non-hydrogen) atoms.